The second kappa shape index (κ2) is 6.42. The third-order valence-electron chi connectivity index (χ3n) is 3.55. The number of nitrogens with one attached hydrogen (secondary N) is 2. The molecule has 9 nitrogen and oxygen atoms in total. The summed E-state index contributed by atoms with van der Waals surface area (Å²) in [6.45, 7) is 2.13. The van der Waals surface area contributed by atoms with E-state index in [0.29, 0.717) is 36.3 Å². The molecule has 3 aromatic rings. The molecule has 2 aromatic heterocycles. The average molecular weight is 316 g/mol. The Labute approximate surface area is 130 Å². The number of hydrogen-bond acceptors (Lipinski definition) is 6. The summed E-state index contributed by atoms with van der Waals surface area (Å²) in [4.78, 5) is 24.2. The first kappa shape index (κ1) is 14.9. The second-order valence-corrected chi connectivity index (χ2v) is 5.10. The zero-order valence-electron chi connectivity index (χ0n) is 12.5. The quantitative estimate of drug-likeness (QED) is 0.636. The normalized spacial score (nSPS) is 12.4. The van der Waals surface area contributed by atoms with Gasteiger partial charge < -0.3 is 9.73 Å². The van der Waals surface area contributed by atoms with Gasteiger partial charge in [-0.1, -0.05) is 17.3 Å². The summed E-state index contributed by atoms with van der Waals surface area (Å²) in [5.41, 5.74) is 1.07. The number of tetrazole rings is 1. The number of aromatic nitrogens is 5. The van der Waals surface area contributed by atoms with Gasteiger partial charge in [-0.25, -0.2) is 4.79 Å². The molecule has 0 bridgehead atoms. The van der Waals surface area contributed by atoms with Crippen LogP contribution in [0.5, 0.6) is 0 Å². The number of carbonyl (C=O) groups is 1. The van der Waals surface area contributed by atoms with Crippen LogP contribution < -0.4 is 11.1 Å². The highest BCUT2D eigenvalue weighted by Gasteiger charge is 2.20. The summed E-state index contributed by atoms with van der Waals surface area (Å²) in [6, 6.07) is 6.36. The molecule has 0 saturated heterocycles. The van der Waals surface area contributed by atoms with Crippen LogP contribution in [0.4, 0.5) is 0 Å². The van der Waals surface area contributed by atoms with Crippen molar-refractivity contribution in [3.63, 3.8) is 0 Å². The van der Waals surface area contributed by atoms with Crippen LogP contribution >= 0.6 is 0 Å². The lowest BCUT2D eigenvalue weighted by molar-refractivity contribution is -0.123. The SMILES string of the molecule is C[C@H](C(=O)NCCCc1nn[nH]n1)n1c(=O)oc2ccccc21. The predicted octanol–water partition coefficient (Wildman–Crippen LogP) is 0.418. The molecule has 0 spiro atoms. The highest BCUT2D eigenvalue weighted by Crippen LogP contribution is 2.16. The smallest absolute Gasteiger partial charge is 0.408 e. The lowest BCUT2D eigenvalue weighted by Gasteiger charge is -2.12. The number of oxazole rings is 1. The topological polar surface area (TPSA) is 119 Å². The summed E-state index contributed by atoms with van der Waals surface area (Å²) >= 11 is 0. The first-order valence-electron chi connectivity index (χ1n) is 7.27. The number of carbonyl (C=O) groups excluding carboxylic acids is 1. The molecule has 2 heterocycles. The predicted molar refractivity (Wildman–Crippen MR) is 80.7 cm³/mol. The minimum Gasteiger partial charge on any atom is -0.408 e. The number of aromatic amines is 1. The molecule has 23 heavy (non-hydrogen) atoms. The largest absolute Gasteiger partial charge is 0.420 e. The van der Waals surface area contributed by atoms with Crippen LogP contribution in [0.1, 0.15) is 25.2 Å². The van der Waals surface area contributed by atoms with Gasteiger partial charge in [0, 0.05) is 13.0 Å². The van der Waals surface area contributed by atoms with Crippen molar-refractivity contribution in [2.75, 3.05) is 6.54 Å². The van der Waals surface area contributed by atoms with Crippen molar-refractivity contribution < 1.29 is 9.21 Å². The molecule has 0 aliphatic rings. The Kier molecular flexibility index (Phi) is 4.18. The van der Waals surface area contributed by atoms with Gasteiger partial charge in [-0.05, 0) is 25.5 Å². The van der Waals surface area contributed by atoms with E-state index in [1.165, 1.54) is 4.57 Å². The van der Waals surface area contributed by atoms with E-state index in [1.807, 2.05) is 0 Å². The maximum Gasteiger partial charge on any atom is 0.420 e. The van der Waals surface area contributed by atoms with Crippen molar-refractivity contribution in [2.24, 2.45) is 0 Å². The molecule has 0 fully saturated rings. The highest BCUT2D eigenvalue weighted by atomic mass is 16.4. The number of rotatable bonds is 6. The Morgan fingerprint density at radius 3 is 3.04 bits per heavy atom. The summed E-state index contributed by atoms with van der Waals surface area (Å²) in [5.74, 6) is -0.184. The fourth-order valence-electron chi connectivity index (χ4n) is 2.36. The fraction of sp³-hybridized carbons (Fsp3) is 0.357. The molecule has 1 amide bonds. The molecule has 120 valence electrons. The van der Waals surface area contributed by atoms with Crippen molar-refractivity contribution in [1.29, 1.82) is 0 Å². The Bertz CT molecular complexity index is 851. The molecule has 0 unspecified atom stereocenters. The van der Waals surface area contributed by atoms with Crippen LogP contribution in [0.15, 0.2) is 33.5 Å². The van der Waals surface area contributed by atoms with E-state index >= 15 is 0 Å². The monoisotopic (exact) mass is 316 g/mol. The summed E-state index contributed by atoms with van der Waals surface area (Å²) < 4.78 is 6.50. The van der Waals surface area contributed by atoms with Crippen molar-refractivity contribution in [1.82, 2.24) is 30.5 Å². The van der Waals surface area contributed by atoms with Gasteiger partial charge in [-0.2, -0.15) is 5.21 Å². The number of aryl methyl sites for hydroxylation is 1. The number of H-pyrrole nitrogens is 1. The third kappa shape index (κ3) is 3.12. The summed E-state index contributed by atoms with van der Waals surface area (Å²) in [7, 11) is 0. The molecule has 0 aliphatic carbocycles. The van der Waals surface area contributed by atoms with Gasteiger partial charge in [0.1, 0.15) is 6.04 Å². The minimum atomic E-state index is -0.656. The van der Waals surface area contributed by atoms with E-state index in [4.69, 9.17) is 4.42 Å². The molecular formula is C14H16N6O3. The standard InChI is InChI=1S/C14H16N6O3/c1-9(13(21)15-8-4-7-12-16-18-19-17-12)20-10-5-2-3-6-11(10)23-14(20)22/h2-3,5-6,9H,4,7-8H2,1H3,(H,15,21)(H,16,17,18,19)/t9-/m1/s1. The van der Waals surface area contributed by atoms with Crippen LogP contribution in [0.25, 0.3) is 11.1 Å². The number of para-hydroxylation sites is 2. The van der Waals surface area contributed by atoms with Gasteiger partial charge in [0.25, 0.3) is 0 Å². The van der Waals surface area contributed by atoms with Crippen molar-refractivity contribution in [3.05, 3.63) is 40.6 Å². The van der Waals surface area contributed by atoms with Gasteiger partial charge in [-0.15, -0.1) is 10.2 Å². The molecular weight excluding hydrogens is 300 g/mol. The molecule has 0 radical (unpaired) electrons. The van der Waals surface area contributed by atoms with Crippen LogP contribution in [0.3, 0.4) is 0 Å². The van der Waals surface area contributed by atoms with Gasteiger partial charge in [0.15, 0.2) is 11.4 Å². The Hall–Kier alpha value is -2.97. The van der Waals surface area contributed by atoms with Crippen molar-refractivity contribution in [3.8, 4) is 0 Å². The van der Waals surface area contributed by atoms with E-state index in [0.717, 1.165) is 0 Å². The first-order valence-corrected chi connectivity index (χ1v) is 7.27. The Morgan fingerprint density at radius 2 is 2.26 bits per heavy atom. The van der Waals surface area contributed by atoms with Crippen LogP contribution in [0, 0.1) is 0 Å². The van der Waals surface area contributed by atoms with Crippen molar-refractivity contribution in [2.45, 2.75) is 25.8 Å². The van der Waals surface area contributed by atoms with Gasteiger partial charge >= 0.3 is 5.76 Å². The Balaban J connectivity index is 1.62. The van der Waals surface area contributed by atoms with Gasteiger partial charge in [-0.3, -0.25) is 9.36 Å². The summed E-state index contributed by atoms with van der Waals surface area (Å²) in [5, 5.41) is 16.3. The van der Waals surface area contributed by atoms with E-state index < -0.39 is 11.8 Å². The third-order valence-corrected chi connectivity index (χ3v) is 3.55. The number of fused-ring (bicyclic) bond motifs is 1. The van der Waals surface area contributed by atoms with E-state index in [9.17, 15) is 9.59 Å². The molecule has 9 heteroatoms. The lowest BCUT2D eigenvalue weighted by Crippen LogP contribution is -2.35. The van der Waals surface area contributed by atoms with E-state index in [-0.39, 0.29) is 5.91 Å². The summed E-state index contributed by atoms with van der Waals surface area (Å²) in [6.07, 6.45) is 1.29. The molecule has 2 N–H and O–H groups in total. The average Bonchev–Trinajstić information content (AvgIpc) is 3.17. The van der Waals surface area contributed by atoms with Crippen LogP contribution in [-0.2, 0) is 11.2 Å². The van der Waals surface area contributed by atoms with E-state index in [1.54, 1.807) is 31.2 Å². The second-order valence-electron chi connectivity index (χ2n) is 5.10. The minimum absolute atomic E-state index is 0.244. The molecule has 1 atom stereocenters. The molecule has 1 aromatic carbocycles. The number of hydrogen-bond donors (Lipinski definition) is 2. The maximum absolute atomic E-state index is 12.2. The molecule has 0 aliphatic heterocycles. The lowest BCUT2D eigenvalue weighted by atomic mass is 10.2. The number of amides is 1. The van der Waals surface area contributed by atoms with Gasteiger partial charge in [0.05, 0.1) is 5.52 Å². The zero-order valence-corrected chi connectivity index (χ0v) is 12.5. The Morgan fingerprint density at radius 1 is 1.43 bits per heavy atom. The first-order chi connectivity index (χ1) is 11.2. The molecule has 0 saturated carbocycles. The number of benzene rings is 1. The van der Waals surface area contributed by atoms with Crippen LogP contribution in [-0.4, -0.2) is 37.6 Å². The number of nitrogens with zero attached hydrogens (tertiary/aromatic N) is 4. The van der Waals surface area contributed by atoms with Gasteiger partial charge in [0.2, 0.25) is 5.91 Å². The van der Waals surface area contributed by atoms with Crippen molar-refractivity contribution >= 4 is 17.0 Å². The van der Waals surface area contributed by atoms with Crippen LogP contribution in [0.2, 0.25) is 0 Å². The molecule has 3 rings (SSSR count). The van der Waals surface area contributed by atoms with E-state index in [2.05, 4.69) is 25.9 Å². The maximum atomic E-state index is 12.2. The zero-order chi connectivity index (χ0) is 16.2. The fourth-order valence-corrected chi connectivity index (χ4v) is 2.36. The highest BCUT2D eigenvalue weighted by molar-refractivity contribution is 5.82.